The minimum absolute atomic E-state index is 0.0390. The van der Waals surface area contributed by atoms with E-state index in [-0.39, 0.29) is 5.91 Å². The van der Waals surface area contributed by atoms with Gasteiger partial charge in [0.15, 0.2) is 0 Å². The van der Waals surface area contributed by atoms with Crippen molar-refractivity contribution in [3.63, 3.8) is 0 Å². The molecule has 0 N–H and O–H groups in total. The van der Waals surface area contributed by atoms with Crippen LogP contribution in [-0.2, 0) is 16.4 Å². The van der Waals surface area contributed by atoms with E-state index in [1.807, 2.05) is 24.3 Å². The molecule has 0 atom stereocenters. The SMILES string of the molecule is CC(C)Cc1ccc(C(=O)N2CCN(S(=O)(=O)c3ccccc3)CC2)cc1. The summed E-state index contributed by atoms with van der Waals surface area (Å²) in [5.74, 6) is 0.536. The van der Waals surface area contributed by atoms with Crippen molar-refractivity contribution in [2.45, 2.75) is 25.2 Å². The van der Waals surface area contributed by atoms with Gasteiger partial charge in [0, 0.05) is 31.7 Å². The molecule has 0 radical (unpaired) electrons. The molecule has 0 aliphatic carbocycles. The molecule has 0 saturated carbocycles. The average Bonchev–Trinajstić information content (AvgIpc) is 2.68. The number of carbonyl (C=O) groups excluding carboxylic acids is 1. The lowest BCUT2D eigenvalue weighted by Gasteiger charge is -2.34. The summed E-state index contributed by atoms with van der Waals surface area (Å²) in [6.07, 6.45) is 0.991. The predicted octanol–water partition coefficient (Wildman–Crippen LogP) is 3.03. The van der Waals surface area contributed by atoms with Crippen LogP contribution in [0.15, 0.2) is 59.5 Å². The van der Waals surface area contributed by atoms with Gasteiger partial charge < -0.3 is 4.90 Å². The van der Waals surface area contributed by atoms with Crippen molar-refractivity contribution in [2.75, 3.05) is 26.2 Å². The van der Waals surface area contributed by atoms with E-state index in [0.717, 1.165) is 6.42 Å². The second-order valence-electron chi connectivity index (χ2n) is 7.30. The van der Waals surface area contributed by atoms with Gasteiger partial charge in [-0.1, -0.05) is 44.2 Å². The highest BCUT2D eigenvalue weighted by atomic mass is 32.2. The standard InChI is InChI=1S/C21H26N2O3S/c1-17(2)16-18-8-10-19(11-9-18)21(24)22-12-14-23(15-13-22)27(25,26)20-6-4-3-5-7-20/h3-11,17H,12-16H2,1-2H3. The zero-order valence-electron chi connectivity index (χ0n) is 15.8. The summed E-state index contributed by atoms with van der Waals surface area (Å²) in [5.41, 5.74) is 1.88. The van der Waals surface area contributed by atoms with Crippen molar-refractivity contribution >= 4 is 15.9 Å². The molecule has 1 aliphatic heterocycles. The van der Waals surface area contributed by atoms with E-state index in [4.69, 9.17) is 0 Å². The van der Waals surface area contributed by atoms with Crippen molar-refractivity contribution in [1.82, 2.24) is 9.21 Å². The summed E-state index contributed by atoms with van der Waals surface area (Å²) in [4.78, 5) is 14.7. The van der Waals surface area contributed by atoms with Crippen LogP contribution in [0.1, 0.15) is 29.8 Å². The van der Waals surface area contributed by atoms with Crippen molar-refractivity contribution in [2.24, 2.45) is 5.92 Å². The van der Waals surface area contributed by atoms with Crippen molar-refractivity contribution < 1.29 is 13.2 Å². The van der Waals surface area contributed by atoms with Crippen LogP contribution in [0.25, 0.3) is 0 Å². The molecule has 6 heteroatoms. The van der Waals surface area contributed by atoms with Crippen LogP contribution >= 0.6 is 0 Å². The largest absolute Gasteiger partial charge is 0.336 e. The number of carbonyl (C=O) groups is 1. The molecule has 1 saturated heterocycles. The molecule has 27 heavy (non-hydrogen) atoms. The zero-order chi connectivity index (χ0) is 19.4. The average molecular weight is 387 g/mol. The second-order valence-corrected chi connectivity index (χ2v) is 9.24. The Morgan fingerprint density at radius 3 is 2.07 bits per heavy atom. The van der Waals surface area contributed by atoms with E-state index >= 15 is 0 Å². The molecule has 1 aliphatic rings. The summed E-state index contributed by atoms with van der Waals surface area (Å²) in [6, 6.07) is 16.2. The minimum atomic E-state index is -3.50. The molecule has 0 unspecified atom stereocenters. The molecule has 0 spiro atoms. The lowest BCUT2D eigenvalue weighted by atomic mass is 10.0. The summed E-state index contributed by atoms with van der Waals surface area (Å²) < 4.78 is 26.8. The highest BCUT2D eigenvalue weighted by molar-refractivity contribution is 7.89. The fraction of sp³-hybridized carbons (Fsp3) is 0.381. The third kappa shape index (κ3) is 4.57. The molecular formula is C21H26N2O3S. The van der Waals surface area contributed by atoms with Crippen LogP contribution in [-0.4, -0.2) is 49.7 Å². The first kappa shape index (κ1) is 19.6. The lowest BCUT2D eigenvalue weighted by Crippen LogP contribution is -2.50. The van der Waals surface area contributed by atoms with E-state index in [9.17, 15) is 13.2 Å². The molecule has 3 rings (SSSR count). The maximum absolute atomic E-state index is 12.7. The first-order valence-electron chi connectivity index (χ1n) is 9.31. The summed E-state index contributed by atoms with van der Waals surface area (Å²) in [7, 11) is -3.50. The van der Waals surface area contributed by atoms with Crippen molar-refractivity contribution in [3.05, 3.63) is 65.7 Å². The van der Waals surface area contributed by atoms with Gasteiger partial charge in [-0.05, 0) is 42.2 Å². The van der Waals surface area contributed by atoms with E-state index < -0.39 is 10.0 Å². The van der Waals surface area contributed by atoms with Crippen molar-refractivity contribution in [1.29, 1.82) is 0 Å². The predicted molar refractivity (Wildman–Crippen MR) is 106 cm³/mol. The van der Waals surface area contributed by atoms with Gasteiger partial charge >= 0.3 is 0 Å². The first-order chi connectivity index (χ1) is 12.9. The van der Waals surface area contributed by atoms with Gasteiger partial charge in [0.1, 0.15) is 0 Å². The topological polar surface area (TPSA) is 57.7 Å². The van der Waals surface area contributed by atoms with Gasteiger partial charge in [-0.15, -0.1) is 0 Å². The van der Waals surface area contributed by atoms with Crippen LogP contribution in [0.4, 0.5) is 0 Å². The lowest BCUT2D eigenvalue weighted by molar-refractivity contribution is 0.0698. The fourth-order valence-electron chi connectivity index (χ4n) is 3.31. The smallest absolute Gasteiger partial charge is 0.253 e. The Hall–Kier alpha value is -2.18. The number of hydrogen-bond donors (Lipinski definition) is 0. The number of benzene rings is 2. The Morgan fingerprint density at radius 1 is 0.926 bits per heavy atom. The van der Waals surface area contributed by atoms with E-state index in [1.165, 1.54) is 9.87 Å². The summed E-state index contributed by atoms with van der Waals surface area (Å²) in [5, 5.41) is 0. The highest BCUT2D eigenvalue weighted by Crippen LogP contribution is 2.18. The van der Waals surface area contributed by atoms with Crippen LogP contribution in [0.2, 0.25) is 0 Å². The Kier molecular flexibility index (Phi) is 5.97. The maximum Gasteiger partial charge on any atom is 0.253 e. The van der Waals surface area contributed by atoms with Crippen molar-refractivity contribution in [3.8, 4) is 0 Å². The molecule has 144 valence electrons. The van der Waals surface area contributed by atoms with E-state index in [2.05, 4.69) is 13.8 Å². The molecule has 5 nitrogen and oxygen atoms in total. The van der Waals surface area contributed by atoms with Gasteiger partial charge in [-0.3, -0.25) is 4.79 Å². The molecule has 1 heterocycles. The van der Waals surface area contributed by atoms with Gasteiger partial charge in [0.25, 0.3) is 5.91 Å². The highest BCUT2D eigenvalue weighted by Gasteiger charge is 2.30. The normalized spacial score (nSPS) is 15.9. The van der Waals surface area contributed by atoms with Crippen LogP contribution < -0.4 is 0 Å². The molecular weight excluding hydrogens is 360 g/mol. The molecule has 1 fully saturated rings. The Labute approximate surface area is 161 Å². The zero-order valence-corrected chi connectivity index (χ0v) is 16.7. The Balaban J connectivity index is 1.62. The van der Waals surface area contributed by atoms with Crippen LogP contribution in [0.5, 0.6) is 0 Å². The van der Waals surface area contributed by atoms with Gasteiger partial charge in [-0.2, -0.15) is 4.31 Å². The minimum Gasteiger partial charge on any atom is -0.336 e. The molecule has 0 bridgehead atoms. The van der Waals surface area contributed by atoms with Gasteiger partial charge in [-0.25, -0.2) is 8.42 Å². The number of hydrogen-bond acceptors (Lipinski definition) is 3. The van der Waals surface area contributed by atoms with E-state index in [1.54, 1.807) is 35.2 Å². The van der Waals surface area contributed by atoms with Crippen LogP contribution in [0, 0.1) is 5.92 Å². The number of rotatable bonds is 5. The third-order valence-corrected chi connectivity index (χ3v) is 6.66. The monoisotopic (exact) mass is 386 g/mol. The summed E-state index contributed by atoms with van der Waals surface area (Å²) in [6.45, 7) is 5.77. The first-order valence-corrected chi connectivity index (χ1v) is 10.8. The number of sulfonamides is 1. The Bertz CT molecular complexity index is 869. The number of piperazine rings is 1. The fourth-order valence-corrected chi connectivity index (χ4v) is 4.75. The summed E-state index contributed by atoms with van der Waals surface area (Å²) >= 11 is 0. The maximum atomic E-state index is 12.7. The molecule has 2 aromatic rings. The molecule has 2 aromatic carbocycles. The quantitative estimate of drug-likeness (QED) is 0.794. The number of amides is 1. The number of nitrogens with zero attached hydrogens (tertiary/aromatic N) is 2. The third-order valence-electron chi connectivity index (χ3n) is 4.75. The molecule has 0 aromatic heterocycles. The van der Waals surface area contributed by atoms with E-state index in [0.29, 0.717) is 42.6 Å². The van der Waals surface area contributed by atoms with Crippen LogP contribution in [0.3, 0.4) is 0 Å². The Morgan fingerprint density at radius 2 is 1.52 bits per heavy atom. The second kappa shape index (κ2) is 8.23. The molecule has 1 amide bonds. The van der Waals surface area contributed by atoms with Gasteiger partial charge in [0.05, 0.1) is 4.90 Å². The van der Waals surface area contributed by atoms with Gasteiger partial charge in [0.2, 0.25) is 10.0 Å².